The lowest BCUT2D eigenvalue weighted by molar-refractivity contribution is -0.115. The van der Waals surface area contributed by atoms with Gasteiger partial charge in [-0.15, -0.1) is 0 Å². The van der Waals surface area contributed by atoms with Crippen molar-refractivity contribution in [2.75, 3.05) is 11.9 Å². The molecule has 0 saturated carbocycles. The standard InChI is InChI=1S/C24H21NO4/c1-17-7-9-19(10-8-17)22(26)16-29-24(28)20-11-13-21(14-12-20)25-23(27)15-18-5-3-2-4-6-18/h2-14H,15-16H2,1H3,(H,25,27). The fraction of sp³-hybridized carbons (Fsp3) is 0.125. The Morgan fingerprint density at radius 1 is 0.793 bits per heavy atom. The average Bonchev–Trinajstić information content (AvgIpc) is 2.73. The predicted octanol–water partition coefficient (Wildman–Crippen LogP) is 4.22. The van der Waals surface area contributed by atoms with Gasteiger partial charge in [0.05, 0.1) is 12.0 Å². The summed E-state index contributed by atoms with van der Waals surface area (Å²) in [6, 6.07) is 22.9. The Morgan fingerprint density at radius 2 is 1.41 bits per heavy atom. The number of ketones is 1. The summed E-state index contributed by atoms with van der Waals surface area (Å²) in [6.45, 7) is 1.61. The highest BCUT2D eigenvalue weighted by Gasteiger charge is 2.12. The summed E-state index contributed by atoms with van der Waals surface area (Å²) < 4.78 is 5.10. The molecular formula is C24H21NO4. The first kappa shape index (κ1) is 20.0. The van der Waals surface area contributed by atoms with Gasteiger partial charge in [0.15, 0.2) is 12.4 Å². The van der Waals surface area contributed by atoms with E-state index in [1.807, 2.05) is 49.4 Å². The molecule has 29 heavy (non-hydrogen) atoms. The van der Waals surface area contributed by atoms with Crippen LogP contribution in [0.1, 0.15) is 31.8 Å². The monoisotopic (exact) mass is 387 g/mol. The minimum Gasteiger partial charge on any atom is -0.454 e. The Morgan fingerprint density at radius 3 is 2.07 bits per heavy atom. The van der Waals surface area contributed by atoms with Crippen LogP contribution in [0.15, 0.2) is 78.9 Å². The molecule has 0 unspecified atom stereocenters. The first-order valence-electron chi connectivity index (χ1n) is 9.22. The highest BCUT2D eigenvalue weighted by Crippen LogP contribution is 2.12. The van der Waals surface area contributed by atoms with Crippen molar-refractivity contribution in [2.24, 2.45) is 0 Å². The molecule has 1 N–H and O–H groups in total. The minimum atomic E-state index is -0.590. The molecule has 0 spiro atoms. The molecule has 0 aliphatic rings. The molecule has 0 aliphatic heterocycles. The fourth-order valence-corrected chi connectivity index (χ4v) is 2.71. The molecule has 0 heterocycles. The molecule has 0 saturated heterocycles. The lowest BCUT2D eigenvalue weighted by Gasteiger charge is -2.07. The second-order valence-electron chi connectivity index (χ2n) is 6.65. The highest BCUT2D eigenvalue weighted by atomic mass is 16.5. The summed E-state index contributed by atoms with van der Waals surface area (Å²) in [5, 5.41) is 2.79. The maximum atomic E-state index is 12.1. The van der Waals surface area contributed by atoms with Crippen molar-refractivity contribution < 1.29 is 19.1 Å². The molecule has 1 amide bonds. The Hall–Kier alpha value is -3.73. The quantitative estimate of drug-likeness (QED) is 0.487. The van der Waals surface area contributed by atoms with Crippen LogP contribution in [-0.4, -0.2) is 24.3 Å². The summed E-state index contributed by atoms with van der Waals surface area (Å²) in [5.74, 6) is -0.994. The molecule has 3 aromatic carbocycles. The van der Waals surface area contributed by atoms with Gasteiger partial charge in [-0.25, -0.2) is 4.79 Å². The van der Waals surface area contributed by atoms with Crippen LogP contribution in [0.25, 0.3) is 0 Å². The summed E-state index contributed by atoms with van der Waals surface area (Å²) in [4.78, 5) is 36.3. The number of rotatable bonds is 7. The van der Waals surface area contributed by atoms with Gasteiger partial charge in [0.25, 0.3) is 0 Å². The summed E-state index contributed by atoms with van der Waals surface area (Å²) in [5.41, 5.74) is 3.36. The van der Waals surface area contributed by atoms with E-state index in [2.05, 4.69) is 5.32 Å². The zero-order chi connectivity index (χ0) is 20.6. The Labute approximate surface area is 169 Å². The number of amides is 1. The van der Waals surface area contributed by atoms with Crippen LogP contribution in [0.5, 0.6) is 0 Å². The van der Waals surface area contributed by atoms with Crippen molar-refractivity contribution in [3.63, 3.8) is 0 Å². The minimum absolute atomic E-state index is 0.143. The summed E-state index contributed by atoms with van der Waals surface area (Å²) in [6.07, 6.45) is 0.270. The third-order valence-corrected chi connectivity index (χ3v) is 4.32. The Bertz CT molecular complexity index is 993. The number of hydrogen-bond donors (Lipinski definition) is 1. The predicted molar refractivity (Wildman–Crippen MR) is 111 cm³/mol. The van der Waals surface area contributed by atoms with Crippen LogP contribution in [0.3, 0.4) is 0 Å². The van der Waals surface area contributed by atoms with E-state index >= 15 is 0 Å². The number of Topliss-reactive ketones (excluding diaryl/α,β-unsaturated/α-hetero) is 1. The number of aryl methyl sites for hydroxylation is 1. The second-order valence-corrected chi connectivity index (χ2v) is 6.65. The molecule has 3 rings (SSSR count). The average molecular weight is 387 g/mol. The first-order valence-corrected chi connectivity index (χ1v) is 9.22. The van der Waals surface area contributed by atoms with Crippen molar-refractivity contribution in [1.82, 2.24) is 0 Å². The fourth-order valence-electron chi connectivity index (χ4n) is 2.71. The molecule has 5 heteroatoms. The number of nitrogens with one attached hydrogen (secondary N) is 1. The van der Waals surface area contributed by atoms with Crippen molar-refractivity contribution in [1.29, 1.82) is 0 Å². The van der Waals surface area contributed by atoms with E-state index < -0.39 is 5.97 Å². The number of esters is 1. The van der Waals surface area contributed by atoms with Crippen LogP contribution in [-0.2, 0) is 16.0 Å². The van der Waals surface area contributed by atoms with Crippen LogP contribution in [0.4, 0.5) is 5.69 Å². The number of anilines is 1. The lowest BCUT2D eigenvalue weighted by atomic mass is 10.1. The molecule has 0 aromatic heterocycles. The van der Waals surface area contributed by atoms with Crippen LogP contribution < -0.4 is 5.32 Å². The van der Waals surface area contributed by atoms with E-state index in [0.717, 1.165) is 11.1 Å². The Kier molecular flexibility index (Phi) is 6.53. The molecule has 0 atom stereocenters. The molecule has 0 fully saturated rings. The number of ether oxygens (including phenoxy) is 1. The molecule has 146 valence electrons. The molecule has 0 aliphatic carbocycles. The maximum Gasteiger partial charge on any atom is 0.338 e. The largest absolute Gasteiger partial charge is 0.454 e. The van der Waals surface area contributed by atoms with Gasteiger partial charge in [-0.3, -0.25) is 9.59 Å². The second kappa shape index (κ2) is 9.46. The van der Waals surface area contributed by atoms with Gasteiger partial charge >= 0.3 is 5.97 Å². The van der Waals surface area contributed by atoms with Crippen LogP contribution >= 0.6 is 0 Å². The number of benzene rings is 3. The first-order chi connectivity index (χ1) is 14.0. The molecule has 0 radical (unpaired) electrons. The molecule has 0 bridgehead atoms. The smallest absolute Gasteiger partial charge is 0.338 e. The molecular weight excluding hydrogens is 366 g/mol. The van der Waals surface area contributed by atoms with Crippen molar-refractivity contribution in [3.8, 4) is 0 Å². The molecule has 5 nitrogen and oxygen atoms in total. The Balaban J connectivity index is 1.51. The van der Waals surface area contributed by atoms with Gasteiger partial charge in [0.2, 0.25) is 5.91 Å². The third kappa shape index (κ3) is 5.87. The topological polar surface area (TPSA) is 72.5 Å². The summed E-state index contributed by atoms with van der Waals surface area (Å²) >= 11 is 0. The third-order valence-electron chi connectivity index (χ3n) is 4.32. The summed E-state index contributed by atoms with van der Waals surface area (Å²) in [7, 11) is 0. The van der Waals surface area contributed by atoms with Crippen molar-refractivity contribution in [2.45, 2.75) is 13.3 Å². The number of carbonyl (C=O) groups is 3. The SMILES string of the molecule is Cc1ccc(C(=O)COC(=O)c2ccc(NC(=O)Cc3ccccc3)cc2)cc1. The lowest BCUT2D eigenvalue weighted by Crippen LogP contribution is -2.15. The normalized spacial score (nSPS) is 10.2. The highest BCUT2D eigenvalue weighted by molar-refractivity contribution is 5.99. The van der Waals surface area contributed by atoms with Crippen molar-refractivity contribution in [3.05, 3.63) is 101 Å². The van der Waals surface area contributed by atoms with E-state index in [0.29, 0.717) is 16.8 Å². The van der Waals surface area contributed by atoms with Gasteiger partial charge in [-0.05, 0) is 36.8 Å². The maximum absolute atomic E-state index is 12.1. The van der Waals surface area contributed by atoms with Gasteiger partial charge in [0, 0.05) is 11.3 Å². The number of hydrogen-bond acceptors (Lipinski definition) is 4. The van der Waals surface area contributed by atoms with Gasteiger partial charge in [-0.2, -0.15) is 0 Å². The van der Waals surface area contributed by atoms with Crippen LogP contribution in [0.2, 0.25) is 0 Å². The number of carbonyl (C=O) groups excluding carboxylic acids is 3. The zero-order valence-electron chi connectivity index (χ0n) is 16.1. The molecule has 3 aromatic rings. The van der Waals surface area contributed by atoms with E-state index in [9.17, 15) is 14.4 Å². The van der Waals surface area contributed by atoms with Crippen molar-refractivity contribution >= 4 is 23.3 Å². The van der Waals surface area contributed by atoms with E-state index in [1.165, 1.54) is 0 Å². The van der Waals surface area contributed by atoms with Gasteiger partial charge in [0.1, 0.15) is 0 Å². The van der Waals surface area contributed by atoms with E-state index in [4.69, 9.17) is 4.74 Å². The van der Waals surface area contributed by atoms with E-state index in [1.54, 1.807) is 36.4 Å². The van der Waals surface area contributed by atoms with E-state index in [-0.39, 0.29) is 24.7 Å². The van der Waals surface area contributed by atoms with Crippen LogP contribution in [0, 0.1) is 6.92 Å². The zero-order valence-corrected chi connectivity index (χ0v) is 16.1. The van der Waals surface area contributed by atoms with Gasteiger partial charge < -0.3 is 10.1 Å². The van der Waals surface area contributed by atoms with Gasteiger partial charge in [-0.1, -0.05) is 60.2 Å².